The van der Waals surface area contributed by atoms with Gasteiger partial charge >= 0.3 is 5.97 Å². The number of carbonyl (C=O) groups is 3. The first-order valence-corrected chi connectivity index (χ1v) is 6.93. The lowest BCUT2D eigenvalue weighted by Gasteiger charge is -2.07. The van der Waals surface area contributed by atoms with Crippen LogP contribution in [0.3, 0.4) is 0 Å². The Morgan fingerprint density at radius 3 is 2.57 bits per heavy atom. The van der Waals surface area contributed by atoms with Gasteiger partial charge in [0.05, 0.1) is 5.56 Å². The number of nitrogens with one attached hydrogen (secondary N) is 2. The van der Waals surface area contributed by atoms with Gasteiger partial charge in [-0.3, -0.25) is 9.59 Å². The highest BCUT2D eigenvalue weighted by Crippen LogP contribution is 2.10. The number of hydrogen-bond acceptors (Lipinski definition) is 3. The molecule has 0 saturated heterocycles. The van der Waals surface area contributed by atoms with Gasteiger partial charge in [0, 0.05) is 12.2 Å². The third kappa shape index (κ3) is 6.56. The number of aromatic carboxylic acids is 1. The molecule has 0 saturated carbocycles. The van der Waals surface area contributed by atoms with Crippen LogP contribution in [0.15, 0.2) is 24.3 Å². The van der Waals surface area contributed by atoms with Crippen molar-refractivity contribution in [2.75, 3.05) is 11.9 Å². The predicted octanol–water partition coefficient (Wildman–Crippen LogP) is 2.02. The molecule has 6 heteroatoms. The Labute approximate surface area is 123 Å². The Morgan fingerprint density at radius 1 is 1.14 bits per heavy atom. The van der Waals surface area contributed by atoms with Crippen molar-refractivity contribution in [3.8, 4) is 0 Å². The van der Waals surface area contributed by atoms with E-state index in [1.807, 2.05) is 0 Å². The number of benzene rings is 1. The summed E-state index contributed by atoms with van der Waals surface area (Å²) in [5, 5.41) is 14.0. The summed E-state index contributed by atoms with van der Waals surface area (Å²) in [4.78, 5) is 34.0. The summed E-state index contributed by atoms with van der Waals surface area (Å²) in [7, 11) is 0. The Hall–Kier alpha value is -2.37. The molecule has 6 nitrogen and oxygen atoms in total. The standard InChI is InChI=1S/C15H20N2O4/c1-2-3-4-8-16-13(18)10-14(19)17-12-7-5-6-11(9-12)15(20)21/h5-7,9H,2-4,8,10H2,1H3,(H,16,18)(H,17,19)(H,20,21). The summed E-state index contributed by atoms with van der Waals surface area (Å²) in [6.07, 6.45) is 2.72. The second-order valence-corrected chi connectivity index (χ2v) is 4.67. The van der Waals surface area contributed by atoms with Crippen molar-refractivity contribution in [3.63, 3.8) is 0 Å². The minimum Gasteiger partial charge on any atom is -0.478 e. The second-order valence-electron chi connectivity index (χ2n) is 4.67. The molecular weight excluding hydrogens is 272 g/mol. The van der Waals surface area contributed by atoms with Crippen LogP contribution in [0.5, 0.6) is 0 Å². The third-order valence-corrected chi connectivity index (χ3v) is 2.82. The summed E-state index contributed by atoms with van der Waals surface area (Å²) < 4.78 is 0. The zero-order valence-corrected chi connectivity index (χ0v) is 12.0. The van der Waals surface area contributed by atoms with Crippen molar-refractivity contribution < 1.29 is 19.5 Å². The molecule has 0 aliphatic rings. The lowest BCUT2D eigenvalue weighted by molar-refractivity contribution is -0.126. The molecular formula is C15H20N2O4. The van der Waals surface area contributed by atoms with Gasteiger partial charge in [-0.1, -0.05) is 25.8 Å². The van der Waals surface area contributed by atoms with Gasteiger partial charge in [-0.05, 0) is 24.6 Å². The van der Waals surface area contributed by atoms with Crippen molar-refractivity contribution in [1.29, 1.82) is 0 Å². The molecule has 0 aliphatic heterocycles. The molecule has 0 spiro atoms. The number of carboxylic acid groups (broad SMARTS) is 1. The van der Waals surface area contributed by atoms with Crippen LogP contribution in [0.25, 0.3) is 0 Å². The van der Waals surface area contributed by atoms with Crippen LogP contribution in [0.1, 0.15) is 43.0 Å². The van der Waals surface area contributed by atoms with E-state index in [0.29, 0.717) is 12.2 Å². The van der Waals surface area contributed by atoms with Gasteiger partial charge in [0.15, 0.2) is 0 Å². The van der Waals surface area contributed by atoms with Gasteiger partial charge in [-0.15, -0.1) is 0 Å². The molecule has 114 valence electrons. The van der Waals surface area contributed by atoms with Crippen molar-refractivity contribution in [3.05, 3.63) is 29.8 Å². The third-order valence-electron chi connectivity index (χ3n) is 2.82. The summed E-state index contributed by atoms with van der Waals surface area (Å²) >= 11 is 0. The minimum atomic E-state index is -1.07. The van der Waals surface area contributed by atoms with E-state index in [-0.39, 0.29) is 17.9 Å². The normalized spacial score (nSPS) is 9.95. The van der Waals surface area contributed by atoms with Gasteiger partial charge in [-0.2, -0.15) is 0 Å². The predicted molar refractivity (Wildman–Crippen MR) is 79.2 cm³/mol. The van der Waals surface area contributed by atoms with E-state index in [1.165, 1.54) is 18.2 Å². The summed E-state index contributed by atoms with van der Waals surface area (Å²) in [5.74, 6) is -1.87. The summed E-state index contributed by atoms with van der Waals surface area (Å²) in [5.41, 5.74) is 0.440. The van der Waals surface area contributed by atoms with Crippen molar-refractivity contribution >= 4 is 23.5 Å². The first-order valence-electron chi connectivity index (χ1n) is 6.93. The summed E-state index contributed by atoms with van der Waals surface area (Å²) in [6, 6.07) is 5.88. The summed E-state index contributed by atoms with van der Waals surface area (Å²) in [6.45, 7) is 2.63. The highest BCUT2D eigenvalue weighted by Gasteiger charge is 2.10. The highest BCUT2D eigenvalue weighted by molar-refractivity contribution is 6.04. The first-order chi connectivity index (χ1) is 10.0. The topological polar surface area (TPSA) is 95.5 Å². The van der Waals surface area contributed by atoms with Crippen LogP contribution in [-0.2, 0) is 9.59 Å². The fourth-order valence-corrected chi connectivity index (χ4v) is 1.75. The van der Waals surface area contributed by atoms with Crippen molar-refractivity contribution in [1.82, 2.24) is 5.32 Å². The van der Waals surface area contributed by atoms with Gasteiger partial charge in [0.25, 0.3) is 0 Å². The Balaban J connectivity index is 2.41. The number of rotatable bonds is 8. The van der Waals surface area contributed by atoms with Gasteiger partial charge in [0.1, 0.15) is 6.42 Å². The van der Waals surface area contributed by atoms with E-state index in [4.69, 9.17) is 5.11 Å². The largest absolute Gasteiger partial charge is 0.478 e. The number of unbranched alkanes of at least 4 members (excludes halogenated alkanes) is 2. The monoisotopic (exact) mass is 292 g/mol. The minimum absolute atomic E-state index is 0.0804. The zero-order valence-electron chi connectivity index (χ0n) is 12.0. The smallest absolute Gasteiger partial charge is 0.335 e. The van der Waals surface area contributed by atoms with Gasteiger partial charge in [0.2, 0.25) is 11.8 Å². The fraction of sp³-hybridized carbons (Fsp3) is 0.400. The fourth-order valence-electron chi connectivity index (χ4n) is 1.75. The number of carboxylic acids is 1. The average Bonchev–Trinajstić information content (AvgIpc) is 2.43. The Bertz CT molecular complexity index is 514. The van der Waals surface area contributed by atoms with E-state index >= 15 is 0 Å². The van der Waals surface area contributed by atoms with E-state index in [1.54, 1.807) is 6.07 Å². The van der Waals surface area contributed by atoms with Crippen LogP contribution < -0.4 is 10.6 Å². The number of hydrogen-bond donors (Lipinski definition) is 3. The maximum atomic E-state index is 11.7. The molecule has 1 rings (SSSR count). The molecule has 0 heterocycles. The SMILES string of the molecule is CCCCCNC(=O)CC(=O)Nc1cccc(C(=O)O)c1. The molecule has 0 bridgehead atoms. The molecule has 0 aromatic heterocycles. The molecule has 0 radical (unpaired) electrons. The first kappa shape index (κ1) is 16.7. The van der Waals surface area contributed by atoms with Gasteiger partial charge < -0.3 is 15.7 Å². The quantitative estimate of drug-likeness (QED) is 0.504. The van der Waals surface area contributed by atoms with Crippen LogP contribution in [-0.4, -0.2) is 29.4 Å². The number of carbonyl (C=O) groups excluding carboxylic acids is 2. The van der Waals surface area contributed by atoms with Crippen molar-refractivity contribution in [2.45, 2.75) is 32.6 Å². The number of anilines is 1. The molecule has 2 amide bonds. The zero-order chi connectivity index (χ0) is 15.7. The van der Waals surface area contributed by atoms with Crippen LogP contribution in [0, 0.1) is 0 Å². The second kappa shape index (κ2) is 8.73. The van der Waals surface area contributed by atoms with E-state index in [0.717, 1.165) is 19.3 Å². The van der Waals surface area contributed by atoms with Crippen LogP contribution in [0.2, 0.25) is 0 Å². The highest BCUT2D eigenvalue weighted by atomic mass is 16.4. The van der Waals surface area contributed by atoms with E-state index in [2.05, 4.69) is 17.6 Å². The molecule has 1 aromatic carbocycles. The molecule has 0 unspecified atom stereocenters. The Morgan fingerprint density at radius 2 is 1.90 bits per heavy atom. The molecule has 21 heavy (non-hydrogen) atoms. The molecule has 1 aromatic rings. The molecule has 3 N–H and O–H groups in total. The lowest BCUT2D eigenvalue weighted by atomic mass is 10.2. The number of amides is 2. The maximum Gasteiger partial charge on any atom is 0.335 e. The Kier molecular flexibility index (Phi) is 6.94. The van der Waals surface area contributed by atoms with Crippen LogP contribution in [0.4, 0.5) is 5.69 Å². The molecule has 0 fully saturated rings. The molecule has 0 aliphatic carbocycles. The maximum absolute atomic E-state index is 11.7. The van der Waals surface area contributed by atoms with Crippen molar-refractivity contribution in [2.24, 2.45) is 0 Å². The van der Waals surface area contributed by atoms with Gasteiger partial charge in [-0.25, -0.2) is 4.79 Å². The van der Waals surface area contributed by atoms with E-state index < -0.39 is 11.9 Å². The van der Waals surface area contributed by atoms with Crippen LogP contribution >= 0.6 is 0 Å². The van der Waals surface area contributed by atoms with E-state index in [9.17, 15) is 14.4 Å². The lowest BCUT2D eigenvalue weighted by Crippen LogP contribution is -2.28. The molecule has 0 atom stereocenters. The average molecular weight is 292 g/mol.